The molecule has 0 saturated heterocycles. The van der Waals surface area contributed by atoms with Crippen LogP contribution in [0.15, 0.2) is 18.2 Å². The number of esters is 2. The Hall–Kier alpha value is -2.04. The molecule has 144 valence electrons. The van der Waals surface area contributed by atoms with E-state index in [0.717, 1.165) is 37.8 Å². The molecule has 0 heterocycles. The van der Waals surface area contributed by atoms with Crippen molar-refractivity contribution < 1.29 is 19.1 Å². The summed E-state index contributed by atoms with van der Waals surface area (Å²) in [5, 5.41) is 3.49. The number of methoxy groups -OCH3 is 1. The van der Waals surface area contributed by atoms with Crippen molar-refractivity contribution in [3.63, 3.8) is 0 Å². The molecule has 5 nitrogen and oxygen atoms in total. The van der Waals surface area contributed by atoms with Crippen LogP contribution in [0.3, 0.4) is 0 Å². The first-order valence-electron chi connectivity index (χ1n) is 9.44. The molecule has 1 N–H and O–H groups in total. The predicted octanol–water partition coefficient (Wildman–Crippen LogP) is 4.35. The molecule has 1 aliphatic carbocycles. The van der Waals surface area contributed by atoms with Crippen molar-refractivity contribution in [3.05, 3.63) is 29.3 Å². The lowest BCUT2D eigenvalue weighted by Gasteiger charge is -2.31. The Morgan fingerprint density at radius 1 is 1.15 bits per heavy atom. The van der Waals surface area contributed by atoms with Crippen LogP contribution in [0.2, 0.25) is 0 Å². The van der Waals surface area contributed by atoms with Crippen molar-refractivity contribution in [2.75, 3.05) is 12.4 Å². The molecule has 1 aromatic carbocycles. The van der Waals surface area contributed by atoms with Crippen LogP contribution >= 0.6 is 0 Å². The number of rotatable bonds is 5. The Kier molecular flexibility index (Phi) is 6.68. The van der Waals surface area contributed by atoms with Crippen LogP contribution in [-0.4, -0.2) is 30.7 Å². The van der Waals surface area contributed by atoms with Gasteiger partial charge in [-0.25, -0.2) is 4.79 Å². The normalized spacial score (nSPS) is 20.3. The van der Waals surface area contributed by atoms with Crippen LogP contribution in [0.25, 0.3) is 0 Å². The average molecular weight is 361 g/mol. The van der Waals surface area contributed by atoms with E-state index < -0.39 is 5.60 Å². The highest BCUT2D eigenvalue weighted by atomic mass is 16.6. The first kappa shape index (κ1) is 20.3. The van der Waals surface area contributed by atoms with Crippen molar-refractivity contribution in [1.82, 2.24) is 0 Å². The Balaban J connectivity index is 2.01. The minimum atomic E-state index is -0.442. The molecule has 0 unspecified atom stereocenters. The summed E-state index contributed by atoms with van der Waals surface area (Å²) < 4.78 is 10.4. The summed E-state index contributed by atoms with van der Waals surface area (Å²) in [6.45, 7) is 7.77. The van der Waals surface area contributed by atoms with Crippen molar-refractivity contribution in [3.8, 4) is 0 Å². The number of carbonyl (C=O) groups excluding carboxylic acids is 2. The number of hydrogen-bond acceptors (Lipinski definition) is 5. The molecule has 0 spiro atoms. The van der Waals surface area contributed by atoms with E-state index in [1.165, 1.54) is 12.7 Å². The topological polar surface area (TPSA) is 64.6 Å². The Morgan fingerprint density at radius 3 is 2.35 bits per heavy atom. The molecule has 0 radical (unpaired) electrons. The maximum absolute atomic E-state index is 12.2. The van der Waals surface area contributed by atoms with Crippen LogP contribution in [0.4, 0.5) is 5.69 Å². The lowest BCUT2D eigenvalue weighted by atomic mass is 9.85. The molecule has 0 bridgehead atoms. The van der Waals surface area contributed by atoms with E-state index in [9.17, 15) is 9.59 Å². The van der Waals surface area contributed by atoms with Gasteiger partial charge in [0, 0.05) is 11.7 Å². The molecular formula is C21H31NO4. The van der Waals surface area contributed by atoms with Crippen molar-refractivity contribution in [2.24, 2.45) is 5.92 Å². The molecule has 0 atom stereocenters. The lowest BCUT2D eigenvalue weighted by Crippen LogP contribution is -2.34. The van der Waals surface area contributed by atoms with Gasteiger partial charge in [-0.1, -0.05) is 13.0 Å². The quantitative estimate of drug-likeness (QED) is 0.790. The first-order valence-corrected chi connectivity index (χ1v) is 9.44. The SMILES string of the molecule is CCc1ccc(C(=O)OC)c(NC2CCC(C(=O)OC(C)(C)C)CC2)c1. The maximum atomic E-state index is 12.2. The van der Waals surface area contributed by atoms with Crippen molar-refractivity contribution >= 4 is 17.6 Å². The van der Waals surface area contributed by atoms with Crippen LogP contribution < -0.4 is 5.32 Å². The molecule has 0 aliphatic heterocycles. The van der Waals surface area contributed by atoms with Crippen molar-refractivity contribution in [1.29, 1.82) is 0 Å². The van der Waals surface area contributed by atoms with Gasteiger partial charge in [0.1, 0.15) is 5.60 Å². The van der Waals surface area contributed by atoms with E-state index >= 15 is 0 Å². The molecule has 1 fully saturated rings. The van der Waals surface area contributed by atoms with Crippen LogP contribution in [-0.2, 0) is 20.7 Å². The highest BCUT2D eigenvalue weighted by Crippen LogP contribution is 2.30. The third kappa shape index (κ3) is 5.48. The Morgan fingerprint density at radius 2 is 1.81 bits per heavy atom. The fourth-order valence-corrected chi connectivity index (χ4v) is 3.30. The molecule has 26 heavy (non-hydrogen) atoms. The molecule has 1 aromatic rings. The average Bonchev–Trinajstić information content (AvgIpc) is 2.60. The van der Waals surface area contributed by atoms with E-state index in [2.05, 4.69) is 12.2 Å². The molecular weight excluding hydrogens is 330 g/mol. The van der Waals surface area contributed by atoms with Gasteiger partial charge in [-0.2, -0.15) is 0 Å². The third-order valence-electron chi connectivity index (χ3n) is 4.72. The van der Waals surface area contributed by atoms with Gasteiger partial charge in [0.2, 0.25) is 0 Å². The van der Waals surface area contributed by atoms with Gasteiger partial charge in [0.15, 0.2) is 0 Å². The van der Waals surface area contributed by atoms with E-state index in [1.807, 2.05) is 39.0 Å². The summed E-state index contributed by atoms with van der Waals surface area (Å²) in [5.74, 6) is -0.467. The number of carbonyl (C=O) groups is 2. The zero-order valence-corrected chi connectivity index (χ0v) is 16.6. The van der Waals surface area contributed by atoms with Gasteiger partial charge < -0.3 is 14.8 Å². The van der Waals surface area contributed by atoms with Crippen LogP contribution in [0, 0.1) is 5.92 Å². The molecule has 5 heteroatoms. The van der Waals surface area contributed by atoms with Gasteiger partial charge in [0.25, 0.3) is 0 Å². The molecule has 1 saturated carbocycles. The van der Waals surface area contributed by atoms with E-state index in [0.29, 0.717) is 5.56 Å². The van der Waals surface area contributed by atoms with Gasteiger partial charge >= 0.3 is 11.9 Å². The van der Waals surface area contributed by atoms with Crippen molar-refractivity contribution in [2.45, 2.75) is 71.4 Å². The zero-order chi connectivity index (χ0) is 19.3. The van der Waals surface area contributed by atoms with E-state index in [1.54, 1.807) is 0 Å². The number of benzene rings is 1. The highest BCUT2D eigenvalue weighted by Gasteiger charge is 2.30. The smallest absolute Gasteiger partial charge is 0.339 e. The Bertz CT molecular complexity index is 640. The van der Waals surface area contributed by atoms with Gasteiger partial charge in [0.05, 0.1) is 18.6 Å². The zero-order valence-electron chi connectivity index (χ0n) is 16.6. The van der Waals surface area contributed by atoms with Crippen LogP contribution in [0.5, 0.6) is 0 Å². The molecule has 2 rings (SSSR count). The summed E-state index contributed by atoms with van der Waals surface area (Å²) in [7, 11) is 1.39. The second-order valence-electron chi connectivity index (χ2n) is 7.95. The van der Waals surface area contributed by atoms with E-state index in [-0.39, 0.29) is 23.9 Å². The Labute approximate surface area is 156 Å². The third-order valence-corrected chi connectivity index (χ3v) is 4.72. The number of aryl methyl sites for hydroxylation is 1. The number of anilines is 1. The number of ether oxygens (including phenoxy) is 2. The fourth-order valence-electron chi connectivity index (χ4n) is 3.30. The van der Waals surface area contributed by atoms with Crippen LogP contribution in [0.1, 0.15) is 69.3 Å². The monoisotopic (exact) mass is 361 g/mol. The summed E-state index contributed by atoms with van der Waals surface area (Å²) in [6.07, 6.45) is 4.25. The largest absolute Gasteiger partial charge is 0.465 e. The molecule has 1 aliphatic rings. The standard InChI is InChI=1S/C21H31NO4/c1-6-14-7-12-17(20(24)25-5)18(13-14)22-16-10-8-15(9-11-16)19(23)26-21(2,3)4/h7,12-13,15-16,22H,6,8-11H2,1-5H3. The van der Waals surface area contributed by atoms with E-state index in [4.69, 9.17) is 9.47 Å². The first-order chi connectivity index (χ1) is 12.2. The van der Waals surface area contributed by atoms with Gasteiger partial charge in [-0.15, -0.1) is 0 Å². The summed E-state index contributed by atoms with van der Waals surface area (Å²) >= 11 is 0. The minimum absolute atomic E-state index is 0.0330. The highest BCUT2D eigenvalue weighted by molar-refractivity contribution is 5.95. The minimum Gasteiger partial charge on any atom is -0.465 e. The van der Waals surface area contributed by atoms with Gasteiger partial charge in [-0.3, -0.25) is 4.79 Å². The number of nitrogens with one attached hydrogen (secondary N) is 1. The second-order valence-corrected chi connectivity index (χ2v) is 7.95. The molecule has 0 aromatic heterocycles. The number of hydrogen-bond donors (Lipinski definition) is 1. The maximum Gasteiger partial charge on any atom is 0.339 e. The second kappa shape index (κ2) is 8.56. The lowest BCUT2D eigenvalue weighted by molar-refractivity contribution is -0.161. The summed E-state index contributed by atoms with van der Waals surface area (Å²) in [4.78, 5) is 24.3. The summed E-state index contributed by atoms with van der Waals surface area (Å²) in [5.41, 5.74) is 2.10. The summed E-state index contributed by atoms with van der Waals surface area (Å²) in [6, 6.07) is 6.03. The van der Waals surface area contributed by atoms with Gasteiger partial charge in [-0.05, 0) is 70.6 Å². The predicted molar refractivity (Wildman–Crippen MR) is 102 cm³/mol. The fraction of sp³-hybridized carbons (Fsp3) is 0.619. The molecule has 0 amide bonds.